The molecule has 23 heavy (non-hydrogen) atoms. The lowest BCUT2D eigenvalue weighted by molar-refractivity contribution is -0.136. The Labute approximate surface area is 139 Å². The van der Waals surface area contributed by atoms with Crippen LogP contribution in [0.2, 0.25) is 5.02 Å². The van der Waals surface area contributed by atoms with E-state index in [-0.39, 0.29) is 5.92 Å². The van der Waals surface area contributed by atoms with E-state index in [9.17, 15) is 9.59 Å². The summed E-state index contributed by atoms with van der Waals surface area (Å²) < 4.78 is 0. The van der Waals surface area contributed by atoms with Gasteiger partial charge in [-0.05, 0) is 23.8 Å². The predicted octanol–water partition coefficient (Wildman–Crippen LogP) is 3.18. The summed E-state index contributed by atoms with van der Waals surface area (Å²) in [6.07, 6.45) is 1.57. The van der Waals surface area contributed by atoms with Crippen LogP contribution in [-0.4, -0.2) is 18.0 Å². The van der Waals surface area contributed by atoms with Crippen LogP contribution in [0.5, 0.6) is 0 Å². The fourth-order valence-corrected chi connectivity index (χ4v) is 2.05. The molecule has 0 bridgehead atoms. The normalized spacial score (nSPS) is 11.9. The van der Waals surface area contributed by atoms with Gasteiger partial charge in [0.15, 0.2) is 0 Å². The number of hydrazone groups is 1. The van der Waals surface area contributed by atoms with Gasteiger partial charge in [0.2, 0.25) is 0 Å². The zero-order valence-electron chi connectivity index (χ0n) is 12.5. The quantitative estimate of drug-likeness (QED) is 0.514. The molecule has 0 aromatic heterocycles. The van der Waals surface area contributed by atoms with Crippen LogP contribution in [0, 0.1) is 0 Å². The van der Waals surface area contributed by atoms with E-state index in [1.165, 1.54) is 0 Å². The average molecular weight is 330 g/mol. The van der Waals surface area contributed by atoms with Crippen molar-refractivity contribution in [1.29, 1.82) is 0 Å². The molecular weight excluding hydrogens is 314 g/mol. The lowest BCUT2D eigenvalue weighted by Crippen LogP contribution is -2.32. The van der Waals surface area contributed by atoms with Gasteiger partial charge >= 0.3 is 11.8 Å². The molecule has 0 heterocycles. The number of carbonyl (C=O) groups excluding carboxylic acids is 2. The molecule has 0 fully saturated rings. The first-order valence-corrected chi connectivity index (χ1v) is 7.39. The Morgan fingerprint density at radius 2 is 1.83 bits per heavy atom. The monoisotopic (exact) mass is 329 g/mol. The summed E-state index contributed by atoms with van der Waals surface area (Å²) in [6, 6.07) is 16.2. The van der Waals surface area contributed by atoms with E-state index >= 15 is 0 Å². The second-order valence-corrected chi connectivity index (χ2v) is 5.32. The van der Waals surface area contributed by atoms with Crippen LogP contribution in [0.3, 0.4) is 0 Å². The molecule has 0 saturated carbocycles. The summed E-state index contributed by atoms with van der Waals surface area (Å²) in [4.78, 5) is 23.4. The summed E-state index contributed by atoms with van der Waals surface area (Å²) in [5.74, 6) is -1.63. The van der Waals surface area contributed by atoms with Crippen molar-refractivity contribution in [3.8, 4) is 0 Å². The van der Waals surface area contributed by atoms with Crippen molar-refractivity contribution >= 4 is 35.3 Å². The fourth-order valence-electron chi connectivity index (χ4n) is 1.86. The van der Waals surface area contributed by atoms with Crippen LogP contribution >= 0.6 is 11.6 Å². The van der Waals surface area contributed by atoms with Crippen LogP contribution in [0.4, 0.5) is 5.69 Å². The van der Waals surface area contributed by atoms with Gasteiger partial charge in [0.05, 0.1) is 0 Å². The topological polar surface area (TPSA) is 70.6 Å². The summed E-state index contributed by atoms with van der Waals surface area (Å²) in [7, 11) is 0. The Morgan fingerprint density at radius 1 is 1.09 bits per heavy atom. The van der Waals surface area contributed by atoms with Gasteiger partial charge in [0.1, 0.15) is 0 Å². The number of halogens is 1. The van der Waals surface area contributed by atoms with Gasteiger partial charge in [-0.2, -0.15) is 5.10 Å². The standard InChI is InChI=1S/C17H16ClN3O2/c1-12(13-6-3-2-4-7-13)11-19-21-17(23)16(22)20-15-9-5-8-14(18)10-15/h2-12H,1H3,(H,20,22)(H,21,23). The summed E-state index contributed by atoms with van der Waals surface area (Å²) in [5, 5.41) is 6.73. The minimum Gasteiger partial charge on any atom is -0.318 e. The van der Waals surface area contributed by atoms with Crippen LogP contribution in [0.15, 0.2) is 59.7 Å². The number of hydrogen-bond donors (Lipinski definition) is 2. The number of rotatable bonds is 4. The van der Waals surface area contributed by atoms with E-state index in [1.54, 1.807) is 30.5 Å². The van der Waals surface area contributed by atoms with Crippen molar-refractivity contribution in [3.63, 3.8) is 0 Å². The van der Waals surface area contributed by atoms with Gasteiger partial charge in [-0.3, -0.25) is 9.59 Å². The van der Waals surface area contributed by atoms with Crippen LogP contribution in [-0.2, 0) is 9.59 Å². The van der Waals surface area contributed by atoms with Gasteiger partial charge < -0.3 is 5.32 Å². The molecule has 2 aromatic carbocycles. The Kier molecular flexibility index (Phi) is 5.88. The highest BCUT2D eigenvalue weighted by atomic mass is 35.5. The highest BCUT2D eigenvalue weighted by Crippen LogP contribution is 2.14. The maximum Gasteiger partial charge on any atom is 0.329 e. The molecule has 0 spiro atoms. The maximum atomic E-state index is 11.7. The van der Waals surface area contributed by atoms with Crippen molar-refractivity contribution in [2.45, 2.75) is 12.8 Å². The molecule has 2 N–H and O–H groups in total. The Balaban J connectivity index is 1.86. The van der Waals surface area contributed by atoms with Gasteiger partial charge in [-0.25, -0.2) is 5.43 Å². The highest BCUT2D eigenvalue weighted by molar-refractivity contribution is 6.39. The third kappa shape index (κ3) is 5.23. The SMILES string of the molecule is CC(C=NNC(=O)C(=O)Nc1cccc(Cl)c1)c1ccccc1. The minimum atomic E-state index is -0.846. The molecule has 1 atom stereocenters. The third-order valence-corrected chi connectivity index (χ3v) is 3.31. The van der Waals surface area contributed by atoms with E-state index in [2.05, 4.69) is 15.8 Å². The van der Waals surface area contributed by atoms with Gasteiger partial charge in [-0.1, -0.05) is 54.9 Å². The molecular formula is C17H16ClN3O2. The smallest absolute Gasteiger partial charge is 0.318 e. The van der Waals surface area contributed by atoms with E-state index in [1.807, 2.05) is 37.3 Å². The maximum absolute atomic E-state index is 11.7. The Morgan fingerprint density at radius 3 is 2.52 bits per heavy atom. The van der Waals surface area contributed by atoms with Crippen molar-refractivity contribution in [3.05, 3.63) is 65.2 Å². The first-order valence-electron chi connectivity index (χ1n) is 7.01. The lowest BCUT2D eigenvalue weighted by atomic mass is 10.0. The number of benzene rings is 2. The molecule has 0 aliphatic heterocycles. The molecule has 2 aromatic rings. The second-order valence-electron chi connectivity index (χ2n) is 4.88. The second kappa shape index (κ2) is 8.10. The van der Waals surface area contributed by atoms with Gasteiger partial charge in [0.25, 0.3) is 0 Å². The number of anilines is 1. The number of hydrogen-bond acceptors (Lipinski definition) is 3. The van der Waals surface area contributed by atoms with E-state index in [4.69, 9.17) is 11.6 Å². The molecule has 2 rings (SSSR count). The summed E-state index contributed by atoms with van der Waals surface area (Å²) in [5.41, 5.74) is 3.71. The lowest BCUT2D eigenvalue weighted by Gasteiger charge is -2.06. The third-order valence-electron chi connectivity index (χ3n) is 3.08. The van der Waals surface area contributed by atoms with Crippen LogP contribution < -0.4 is 10.7 Å². The predicted molar refractivity (Wildman–Crippen MR) is 91.6 cm³/mol. The Hall–Kier alpha value is -2.66. The zero-order valence-corrected chi connectivity index (χ0v) is 13.2. The molecule has 118 valence electrons. The minimum absolute atomic E-state index is 0.0208. The van der Waals surface area contributed by atoms with Crippen molar-refractivity contribution in [1.82, 2.24) is 5.43 Å². The molecule has 1 unspecified atom stereocenters. The zero-order chi connectivity index (χ0) is 16.7. The fraction of sp³-hybridized carbons (Fsp3) is 0.118. The average Bonchev–Trinajstić information content (AvgIpc) is 2.55. The van der Waals surface area contributed by atoms with Gasteiger partial charge in [0, 0.05) is 22.8 Å². The first kappa shape index (κ1) is 16.7. The highest BCUT2D eigenvalue weighted by Gasteiger charge is 2.13. The summed E-state index contributed by atoms with van der Waals surface area (Å²) in [6.45, 7) is 1.94. The van der Waals surface area contributed by atoms with Crippen molar-refractivity contribution < 1.29 is 9.59 Å². The van der Waals surface area contributed by atoms with Crippen molar-refractivity contribution in [2.24, 2.45) is 5.10 Å². The molecule has 0 radical (unpaired) electrons. The molecule has 0 aliphatic carbocycles. The number of nitrogens with one attached hydrogen (secondary N) is 2. The van der Waals surface area contributed by atoms with Crippen LogP contribution in [0.25, 0.3) is 0 Å². The molecule has 5 nitrogen and oxygen atoms in total. The van der Waals surface area contributed by atoms with E-state index in [0.717, 1.165) is 5.56 Å². The Bertz CT molecular complexity index is 717. The number of nitrogens with zero attached hydrogens (tertiary/aromatic N) is 1. The molecule has 6 heteroatoms. The molecule has 0 saturated heterocycles. The first-order chi connectivity index (χ1) is 11.1. The van der Waals surface area contributed by atoms with Crippen molar-refractivity contribution in [2.75, 3.05) is 5.32 Å². The van der Waals surface area contributed by atoms with Gasteiger partial charge in [-0.15, -0.1) is 0 Å². The molecule has 0 aliphatic rings. The number of carbonyl (C=O) groups is 2. The van der Waals surface area contributed by atoms with Crippen LogP contribution in [0.1, 0.15) is 18.4 Å². The summed E-state index contributed by atoms with van der Waals surface area (Å²) >= 11 is 5.81. The molecule has 2 amide bonds. The number of amides is 2. The van der Waals surface area contributed by atoms with E-state index < -0.39 is 11.8 Å². The van der Waals surface area contributed by atoms with E-state index in [0.29, 0.717) is 10.7 Å². The largest absolute Gasteiger partial charge is 0.329 e.